The molecule has 4 aromatic rings. The highest BCUT2D eigenvalue weighted by Gasteiger charge is 2.49. The molecule has 0 spiro atoms. The summed E-state index contributed by atoms with van der Waals surface area (Å²) >= 11 is 2.63. The molecule has 4 atom stereocenters. The number of aliphatic carboxylic acids is 2. The lowest BCUT2D eigenvalue weighted by Crippen LogP contribution is -2.06. The van der Waals surface area contributed by atoms with Gasteiger partial charge in [0.1, 0.15) is 0 Å². The molecule has 2 N–H and O–H groups in total. The topological polar surface area (TPSA) is 146 Å². The molecule has 6 rings (SSSR count). The molecule has 43 heavy (non-hydrogen) atoms. The Hall–Kier alpha value is -4.16. The van der Waals surface area contributed by atoms with Gasteiger partial charge in [-0.05, 0) is 47.9 Å². The number of fused-ring (bicyclic) bond motifs is 2. The Morgan fingerprint density at radius 3 is 1.42 bits per heavy atom. The van der Waals surface area contributed by atoms with Crippen molar-refractivity contribution in [1.82, 2.24) is 0 Å². The first-order valence-corrected chi connectivity index (χ1v) is 15.3. The molecule has 2 fully saturated rings. The van der Waals surface area contributed by atoms with Gasteiger partial charge < -0.3 is 29.2 Å². The maximum absolute atomic E-state index is 12.7. The van der Waals surface area contributed by atoms with Gasteiger partial charge >= 0.3 is 11.9 Å². The Morgan fingerprint density at radius 1 is 0.651 bits per heavy atom. The van der Waals surface area contributed by atoms with E-state index in [1.807, 2.05) is 24.3 Å². The summed E-state index contributed by atoms with van der Waals surface area (Å²) in [6.07, 6.45) is 1.30. The largest absolute Gasteiger partial charge is 0.493 e. The van der Waals surface area contributed by atoms with Gasteiger partial charge in [-0.3, -0.25) is 19.2 Å². The van der Waals surface area contributed by atoms with Crippen LogP contribution < -0.4 is 18.9 Å². The molecular weight excluding hydrogens is 596 g/mol. The maximum atomic E-state index is 12.7. The Labute approximate surface area is 253 Å². The van der Waals surface area contributed by atoms with Gasteiger partial charge in [0, 0.05) is 39.8 Å². The van der Waals surface area contributed by atoms with Gasteiger partial charge in [-0.25, -0.2) is 0 Å². The van der Waals surface area contributed by atoms with Crippen LogP contribution in [-0.4, -0.2) is 61.2 Å². The molecule has 2 saturated carbocycles. The second kappa shape index (κ2) is 11.5. The fourth-order valence-corrected chi connectivity index (χ4v) is 7.34. The molecule has 2 heterocycles. The summed E-state index contributed by atoms with van der Waals surface area (Å²) < 4.78 is 24.7. The zero-order valence-corrected chi connectivity index (χ0v) is 24.9. The normalized spacial score (nSPS) is 20.5. The van der Waals surface area contributed by atoms with Crippen molar-refractivity contribution < 1.29 is 48.3 Å². The molecule has 2 aliphatic carbocycles. The number of benzene rings is 2. The summed E-state index contributed by atoms with van der Waals surface area (Å²) in [5.74, 6) is -2.14. The molecule has 10 nitrogen and oxygen atoms in total. The number of ether oxygens (including phenoxy) is 4. The van der Waals surface area contributed by atoms with Crippen molar-refractivity contribution in [1.29, 1.82) is 0 Å². The summed E-state index contributed by atoms with van der Waals surface area (Å²) in [6, 6.07) is 10.8. The Bertz CT molecular complexity index is 1640. The van der Waals surface area contributed by atoms with Crippen molar-refractivity contribution in [3.8, 4) is 23.0 Å². The molecular formula is C31H28O10S2. The fraction of sp³-hybridized carbons (Fsp3) is 0.355. The predicted octanol–water partition coefficient (Wildman–Crippen LogP) is 5.79. The average molecular weight is 625 g/mol. The number of ketones is 2. The van der Waals surface area contributed by atoms with Crippen LogP contribution in [0.25, 0.3) is 20.2 Å². The van der Waals surface area contributed by atoms with E-state index in [9.17, 15) is 19.2 Å². The van der Waals surface area contributed by atoms with Crippen molar-refractivity contribution in [3.05, 3.63) is 46.2 Å². The van der Waals surface area contributed by atoms with E-state index in [2.05, 4.69) is 0 Å². The summed E-state index contributed by atoms with van der Waals surface area (Å²) in [5.41, 5.74) is 0. The molecule has 0 amide bonds. The van der Waals surface area contributed by atoms with Gasteiger partial charge in [-0.1, -0.05) is 0 Å². The highest BCUT2D eigenvalue weighted by molar-refractivity contribution is 7.21. The van der Waals surface area contributed by atoms with Crippen LogP contribution in [0, 0.1) is 23.7 Å². The molecule has 2 aromatic carbocycles. The molecule has 2 aliphatic rings. The first-order valence-electron chi connectivity index (χ1n) is 13.7. The van der Waals surface area contributed by atoms with Crippen LogP contribution in [0.4, 0.5) is 0 Å². The van der Waals surface area contributed by atoms with Crippen LogP contribution in [0.3, 0.4) is 0 Å². The summed E-state index contributed by atoms with van der Waals surface area (Å²) in [6.45, 7) is 0.655. The van der Waals surface area contributed by atoms with Gasteiger partial charge in [-0.2, -0.15) is 0 Å². The summed E-state index contributed by atoms with van der Waals surface area (Å²) in [4.78, 5) is 48.9. The third-order valence-corrected chi connectivity index (χ3v) is 10.0. The highest BCUT2D eigenvalue weighted by atomic mass is 32.1. The first kappa shape index (κ1) is 28.9. The van der Waals surface area contributed by atoms with E-state index in [4.69, 9.17) is 29.2 Å². The molecule has 2 aromatic heterocycles. The van der Waals surface area contributed by atoms with E-state index in [-0.39, 0.29) is 11.6 Å². The highest BCUT2D eigenvalue weighted by Crippen LogP contribution is 2.45. The van der Waals surface area contributed by atoms with E-state index >= 15 is 0 Å². The second-order valence-electron chi connectivity index (χ2n) is 10.7. The van der Waals surface area contributed by atoms with E-state index in [1.165, 1.54) is 22.7 Å². The zero-order chi connectivity index (χ0) is 30.4. The van der Waals surface area contributed by atoms with Crippen LogP contribution >= 0.6 is 22.7 Å². The number of carbonyl (C=O) groups is 4. The molecule has 0 radical (unpaired) electrons. The van der Waals surface area contributed by atoms with Crippen LogP contribution in [-0.2, 0) is 9.59 Å². The van der Waals surface area contributed by atoms with E-state index in [0.29, 0.717) is 65.2 Å². The standard InChI is InChI=1S/C31H28O10S2/c1-38-20-12-24-14(8-26(42-24)28(32)16-10-18(16)30(34)35)6-22(20)40-4-3-5-41-23-7-15-9-27(43-25(15)13-21(23)39-2)29(33)17-11-19(17)31(36)37/h6-9,12-13,16-19H,3-5,10-11H2,1-2H3,(H,34,35)(H,36,37)/t16-,17+,18-,19+. The van der Waals surface area contributed by atoms with Crippen LogP contribution in [0.15, 0.2) is 36.4 Å². The summed E-state index contributed by atoms with van der Waals surface area (Å²) in [7, 11) is 3.08. The minimum absolute atomic E-state index is 0.138. The molecule has 0 saturated heterocycles. The number of carboxylic acid groups (broad SMARTS) is 2. The SMILES string of the molecule is COc1cc2sc(C(=O)[C@H]3C[C@@H]3C(=O)O)cc2cc1OCCCOc1cc2cc(C(=O)[C@@H]3C[C@H]3C(=O)O)sc2cc1OC. The number of hydrogen-bond acceptors (Lipinski definition) is 10. The first-order chi connectivity index (χ1) is 20.7. The quantitative estimate of drug-likeness (QED) is 0.131. The fourth-order valence-electron chi connectivity index (χ4n) is 5.19. The minimum Gasteiger partial charge on any atom is -0.493 e. The van der Waals surface area contributed by atoms with Crippen LogP contribution in [0.1, 0.15) is 38.6 Å². The van der Waals surface area contributed by atoms with Gasteiger partial charge in [0.05, 0.1) is 49.0 Å². The number of carboxylic acids is 2. The monoisotopic (exact) mass is 624 g/mol. The van der Waals surface area contributed by atoms with Crippen LogP contribution in [0.5, 0.6) is 23.0 Å². The molecule has 224 valence electrons. The number of Topliss-reactive ketones (excluding diaryl/α,β-unsaturated/α-hetero) is 2. The van der Waals surface area contributed by atoms with Crippen LogP contribution in [0.2, 0.25) is 0 Å². The predicted molar refractivity (Wildman–Crippen MR) is 159 cm³/mol. The minimum atomic E-state index is -0.932. The Kier molecular flexibility index (Phi) is 7.74. The Balaban J connectivity index is 1.07. The van der Waals surface area contributed by atoms with Gasteiger partial charge in [0.2, 0.25) is 0 Å². The number of hydrogen-bond donors (Lipinski definition) is 2. The Morgan fingerprint density at radius 2 is 1.07 bits per heavy atom. The zero-order valence-electron chi connectivity index (χ0n) is 23.3. The van der Waals surface area contributed by atoms with E-state index in [1.54, 1.807) is 26.4 Å². The third kappa shape index (κ3) is 5.76. The average Bonchev–Trinajstić information content (AvgIpc) is 3.89. The molecule has 12 heteroatoms. The number of thiophene rings is 2. The van der Waals surface area contributed by atoms with E-state index in [0.717, 1.165) is 20.2 Å². The smallest absolute Gasteiger partial charge is 0.307 e. The van der Waals surface area contributed by atoms with Gasteiger partial charge in [-0.15, -0.1) is 22.7 Å². The lowest BCUT2D eigenvalue weighted by atomic mass is 10.1. The third-order valence-electron chi connectivity index (χ3n) is 7.78. The second-order valence-corrected chi connectivity index (χ2v) is 12.8. The van der Waals surface area contributed by atoms with Crippen molar-refractivity contribution in [2.75, 3.05) is 27.4 Å². The van der Waals surface area contributed by atoms with E-state index < -0.39 is 35.6 Å². The van der Waals surface area contributed by atoms with Gasteiger partial charge in [0.25, 0.3) is 0 Å². The number of carbonyl (C=O) groups excluding carboxylic acids is 2. The maximum Gasteiger partial charge on any atom is 0.307 e. The van der Waals surface area contributed by atoms with Crippen molar-refractivity contribution in [2.24, 2.45) is 23.7 Å². The molecule has 0 bridgehead atoms. The van der Waals surface area contributed by atoms with Crippen molar-refractivity contribution >= 4 is 66.4 Å². The number of methoxy groups -OCH3 is 2. The summed E-state index contributed by atoms with van der Waals surface area (Å²) in [5, 5.41) is 19.9. The lowest BCUT2D eigenvalue weighted by Gasteiger charge is -2.13. The van der Waals surface area contributed by atoms with Gasteiger partial charge in [0.15, 0.2) is 34.6 Å². The number of rotatable bonds is 14. The lowest BCUT2D eigenvalue weighted by molar-refractivity contribution is -0.139. The molecule has 0 aliphatic heterocycles. The van der Waals surface area contributed by atoms with Crippen molar-refractivity contribution in [2.45, 2.75) is 19.3 Å². The van der Waals surface area contributed by atoms with Crippen molar-refractivity contribution in [3.63, 3.8) is 0 Å². The molecule has 0 unspecified atom stereocenters.